The standard InChI is InChI=1S/C19H26N4O2/c1-5-25-16-8-6-15(7-9-16)13-21(3)17-10-11-23(19(17)24)18-12-14(2)20-22(18)4/h6-9,12,17H,5,10-11,13H2,1-4H3/t17-/m1/s1. The second kappa shape index (κ2) is 7.27. The van der Waals surface area contributed by atoms with E-state index >= 15 is 0 Å². The second-order valence-electron chi connectivity index (χ2n) is 6.55. The van der Waals surface area contributed by atoms with E-state index < -0.39 is 0 Å². The first-order valence-corrected chi connectivity index (χ1v) is 8.73. The Labute approximate surface area is 149 Å². The van der Waals surface area contributed by atoms with Gasteiger partial charge < -0.3 is 4.74 Å². The molecule has 1 fully saturated rings. The monoisotopic (exact) mass is 342 g/mol. The van der Waals surface area contributed by atoms with Gasteiger partial charge in [-0.3, -0.25) is 19.3 Å². The topological polar surface area (TPSA) is 50.6 Å². The van der Waals surface area contributed by atoms with Crippen LogP contribution in [0, 0.1) is 6.92 Å². The molecular formula is C19H26N4O2. The van der Waals surface area contributed by atoms with Gasteiger partial charge in [0.25, 0.3) is 0 Å². The molecule has 134 valence electrons. The maximum atomic E-state index is 12.9. The number of amides is 1. The molecule has 0 bridgehead atoms. The Hall–Kier alpha value is -2.34. The van der Waals surface area contributed by atoms with Gasteiger partial charge in [0.1, 0.15) is 11.6 Å². The van der Waals surface area contributed by atoms with Gasteiger partial charge in [-0.25, -0.2) is 0 Å². The Balaban J connectivity index is 1.66. The van der Waals surface area contributed by atoms with Gasteiger partial charge in [-0.05, 0) is 45.0 Å². The molecule has 0 N–H and O–H groups in total. The van der Waals surface area contributed by atoms with Gasteiger partial charge in [0.2, 0.25) is 5.91 Å². The zero-order valence-electron chi connectivity index (χ0n) is 15.4. The summed E-state index contributed by atoms with van der Waals surface area (Å²) in [5.41, 5.74) is 2.10. The number of anilines is 1. The summed E-state index contributed by atoms with van der Waals surface area (Å²) < 4.78 is 7.26. The van der Waals surface area contributed by atoms with E-state index in [9.17, 15) is 4.79 Å². The van der Waals surface area contributed by atoms with Crippen LogP contribution in [-0.2, 0) is 18.4 Å². The van der Waals surface area contributed by atoms with Gasteiger partial charge >= 0.3 is 0 Å². The van der Waals surface area contributed by atoms with Crippen LogP contribution in [0.1, 0.15) is 24.6 Å². The van der Waals surface area contributed by atoms with Crippen LogP contribution in [0.4, 0.5) is 5.82 Å². The molecule has 1 aromatic carbocycles. The van der Waals surface area contributed by atoms with Gasteiger partial charge in [0, 0.05) is 26.2 Å². The first-order chi connectivity index (χ1) is 12.0. The lowest BCUT2D eigenvalue weighted by Gasteiger charge is -2.24. The first kappa shape index (κ1) is 17.5. The number of benzene rings is 1. The lowest BCUT2D eigenvalue weighted by Crippen LogP contribution is -2.39. The Morgan fingerprint density at radius 2 is 2.04 bits per heavy atom. The van der Waals surface area contributed by atoms with Crippen molar-refractivity contribution in [1.29, 1.82) is 0 Å². The second-order valence-corrected chi connectivity index (χ2v) is 6.55. The smallest absolute Gasteiger partial charge is 0.245 e. The molecule has 1 aliphatic heterocycles. The fourth-order valence-corrected chi connectivity index (χ4v) is 3.41. The highest BCUT2D eigenvalue weighted by Crippen LogP contribution is 2.25. The van der Waals surface area contributed by atoms with Gasteiger partial charge in [-0.1, -0.05) is 12.1 Å². The molecule has 0 radical (unpaired) electrons. The van der Waals surface area contributed by atoms with Crippen LogP contribution in [0.2, 0.25) is 0 Å². The SMILES string of the molecule is CCOc1ccc(CN(C)[C@@H]2CCN(c3cc(C)nn3C)C2=O)cc1. The highest BCUT2D eigenvalue weighted by Gasteiger charge is 2.36. The summed E-state index contributed by atoms with van der Waals surface area (Å²) in [6, 6.07) is 9.95. The number of hydrogen-bond acceptors (Lipinski definition) is 4. The van der Waals surface area contributed by atoms with Crippen molar-refractivity contribution in [2.45, 2.75) is 32.9 Å². The van der Waals surface area contributed by atoms with Crippen molar-refractivity contribution < 1.29 is 9.53 Å². The van der Waals surface area contributed by atoms with Crippen molar-refractivity contribution in [3.8, 4) is 5.75 Å². The molecule has 0 spiro atoms. The predicted octanol–water partition coefficient (Wildman–Crippen LogP) is 2.36. The maximum absolute atomic E-state index is 12.9. The quantitative estimate of drug-likeness (QED) is 0.809. The fourth-order valence-electron chi connectivity index (χ4n) is 3.41. The van der Waals surface area contributed by atoms with Crippen LogP contribution in [0.15, 0.2) is 30.3 Å². The maximum Gasteiger partial charge on any atom is 0.245 e. The summed E-state index contributed by atoms with van der Waals surface area (Å²) in [5.74, 6) is 1.90. The molecule has 1 amide bonds. The van der Waals surface area contributed by atoms with Gasteiger partial charge in [-0.2, -0.15) is 5.10 Å². The van der Waals surface area contributed by atoms with Crippen molar-refractivity contribution in [1.82, 2.24) is 14.7 Å². The summed E-state index contributed by atoms with van der Waals surface area (Å²) in [5, 5.41) is 4.35. The highest BCUT2D eigenvalue weighted by molar-refractivity contribution is 5.98. The van der Waals surface area contributed by atoms with Crippen molar-refractivity contribution >= 4 is 11.7 Å². The van der Waals surface area contributed by atoms with E-state index in [1.807, 2.05) is 51.0 Å². The van der Waals surface area contributed by atoms with Crippen molar-refractivity contribution in [2.75, 3.05) is 25.1 Å². The molecule has 1 aliphatic rings. The Morgan fingerprint density at radius 1 is 1.32 bits per heavy atom. The molecule has 1 saturated heterocycles. The molecule has 3 rings (SSSR count). The first-order valence-electron chi connectivity index (χ1n) is 8.73. The number of nitrogens with zero attached hydrogens (tertiary/aromatic N) is 4. The molecule has 0 aliphatic carbocycles. The van der Waals surface area contributed by atoms with Crippen LogP contribution < -0.4 is 9.64 Å². The number of rotatable bonds is 6. The molecule has 2 aromatic rings. The normalized spacial score (nSPS) is 17.6. The lowest BCUT2D eigenvalue weighted by molar-refractivity contribution is -0.121. The van der Waals surface area contributed by atoms with E-state index in [2.05, 4.69) is 22.1 Å². The zero-order valence-corrected chi connectivity index (χ0v) is 15.4. The summed E-state index contributed by atoms with van der Waals surface area (Å²) >= 11 is 0. The summed E-state index contributed by atoms with van der Waals surface area (Å²) in [7, 11) is 3.89. The van der Waals surface area contributed by atoms with E-state index in [4.69, 9.17) is 4.74 Å². The average Bonchev–Trinajstić information content (AvgIpc) is 3.11. The summed E-state index contributed by atoms with van der Waals surface area (Å²) in [6.45, 7) is 6.05. The van der Waals surface area contributed by atoms with Crippen LogP contribution >= 0.6 is 0 Å². The molecule has 1 atom stereocenters. The zero-order chi connectivity index (χ0) is 18.0. The Kier molecular flexibility index (Phi) is 5.08. The molecule has 0 saturated carbocycles. The predicted molar refractivity (Wildman–Crippen MR) is 97.8 cm³/mol. The molecule has 2 heterocycles. The van der Waals surface area contributed by atoms with E-state index in [1.54, 1.807) is 4.68 Å². The van der Waals surface area contributed by atoms with E-state index in [1.165, 1.54) is 5.56 Å². The van der Waals surface area contributed by atoms with Gasteiger partial charge in [0.15, 0.2) is 0 Å². The van der Waals surface area contributed by atoms with Gasteiger partial charge in [-0.15, -0.1) is 0 Å². The largest absolute Gasteiger partial charge is 0.494 e. The highest BCUT2D eigenvalue weighted by atomic mass is 16.5. The minimum absolute atomic E-state index is 0.0956. The van der Waals surface area contributed by atoms with Crippen molar-refractivity contribution in [3.05, 3.63) is 41.6 Å². The molecular weight excluding hydrogens is 316 g/mol. The summed E-state index contributed by atoms with van der Waals surface area (Å²) in [6.07, 6.45) is 0.830. The van der Waals surface area contributed by atoms with Crippen LogP contribution in [0.25, 0.3) is 0 Å². The van der Waals surface area contributed by atoms with Crippen LogP contribution in [-0.4, -0.2) is 46.8 Å². The summed E-state index contributed by atoms with van der Waals surface area (Å²) in [4.78, 5) is 16.8. The number of aryl methyl sites for hydroxylation is 2. The number of aromatic nitrogens is 2. The fraction of sp³-hybridized carbons (Fsp3) is 0.474. The molecule has 0 unspecified atom stereocenters. The minimum atomic E-state index is -0.0956. The molecule has 6 nitrogen and oxygen atoms in total. The number of likely N-dealkylation sites (N-methyl/N-ethyl adjacent to an activating group) is 1. The number of carbonyl (C=O) groups is 1. The van der Waals surface area contributed by atoms with Crippen LogP contribution in [0.5, 0.6) is 5.75 Å². The molecule has 25 heavy (non-hydrogen) atoms. The van der Waals surface area contributed by atoms with E-state index in [-0.39, 0.29) is 11.9 Å². The number of carbonyl (C=O) groups excluding carboxylic acids is 1. The third kappa shape index (κ3) is 3.69. The average molecular weight is 342 g/mol. The lowest BCUT2D eigenvalue weighted by atomic mass is 10.1. The van der Waals surface area contributed by atoms with Gasteiger partial charge in [0.05, 0.1) is 18.3 Å². The Bertz CT molecular complexity index is 738. The van der Waals surface area contributed by atoms with Crippen LogP contribution in [0.3, 0.4) is 0 Å². The minimum Gasteiger partial charge on any atom is -0.494 e. The number of hydrogen-bond donors (Lipinski definition) is 0. The van der Waals surface area contributed by atoms with E-state index in [0.717, 1.165) is 36.8 Å². The molecule has 1 aromatic heterocycles. The van der Waals surface area contributed by atoms with Crippen molar-refractivity contribution in [3.63, 3.8) is 0 Å². The van der Waals surface area contributed by atoms with Crippen molar-refractivity contribution in [2.24, 2.45) is 7.05 Å². The Morgan fingerprint density at radius 3 is 2.64 bits per heavy atom. The third-order valence-corrected chi connectivity index (χ3v) is 4.63. The molecule has 6 heteroatoms. The number of ether oxygens (including phenoxy) is 1. The van der Waals surface area contributed by atoms with E-state index in [0.29, 0.717) is 6.61 Å². The third-order valence-electron chi connectivity index (χ3n) is 4.63.